The van der Waals surface area contributed by atoms with Gasteiger partial charge in [-0.05, 0) is 0 Å². The highest BCUT2D eigenvalue weighted by molar-refractivity contribution is 8.13. The minimum Gasteiger partial charge on any atom is -0.463 e. The summed E-state index contributed by atoms with van der Waals surface area (Å²) in [5, 5.41) is -0.111. The first-order valence-electron chi connectivity index (χ1n) is 9.06. The van der Waals surface area contributed by atoms with Gasteiger partial charge in [-0.1, -0.05) is 11.8 Å². The van der Waals surface area contributed by atoms with Crippen LogP contribution in [0.5, 0.6) is 0 Å². The largest absolute Gasteiger partial charge is 0.463 e. The van der Waals surface area contributed by atoms with Crippen LogP contribution in [0.25, 0.3) is 0 Å². The highest BCUT2D eigenvalue weighted by Gasteiger charge is 2.52. The van der Waals surface area contributed by atoms with Gasteiger partial charge in [-0.2, -0.15) is 0 Å². The van der Waals surface area contributed by atoms with Gasteiger partial charge in [0.15, 0.2) is 29.7 Å². The third-order valence-corrected chi connectivity index (χ3v) is 4.40. The van der Waals surface area contributed by atoms with E-state index in [-0.39, 0.29) is 18.3 Å². The number of carbonyl (C=O) groups excluding carboxylic acids is 5. The molecule has 0 aromatic heterocycles. The molecule has 0 spiro atoms. The van der Waals surface area contributed by atoms with Gasteiger partial charge >= 0.3 is 23.9 Å². The zero-order valence-corrected chi connectivity index (χ0v) is 18.2. The van der Waals surface area contributed by atoms with E-state index in [1.54, 1.807) is 0 Å². The summed E-state index contributed by atoms with van der Waals surface area (Å²) in [6, 6.07) is 0. The van der Waals surface area contributed by atoms with Crippen LogP contribution in [0.15, 0.2) is 0 Å². The first-order valence-corrected chi connectivity index (χ1v) is 10.0. The smallest absolute Gasteiger partial charge is 0.303 e. The lowest BCUT2D eigenvalue weighted by Gasteiger charge is -2.44. The van der Waals surface area contributed by atoms with Gasteiger partial charge in [0.1, 0.15) is 12.7 Å². The molecule has 1 aliphatic rings. The number of hydrogen-bond acceptors (Lipinski definition) is 12. The van der Waals surface area contributed by atoms with E-state index in [0.29, 0.717) is 5.75 Å². The molecule has 0 aromatic carbocycles. The van der Waals surface area contributed by atoms with Gasteiger partial charge in [-0.15, -0.1) is 0 Å². The molecule has 0 amide bonds. The monoisotopic (exact) mass is 450 g/mol. The second kappa shape index (κ2) is 12.5. The average molecular weight is 450 g/mol. The van der Waals surface area contributed by atoms with E-state index < -0.39 is 54.6 Å². The number of ether oxygens (including phenoxy) is 6. The number of carbonyl (C=O) groups is 5. The van der Waals surface area contributed by atoms with Crippen LogP contribution < -0.4 is 0 Å². The van der Waals surface area contributed by atoms with Gasteiger partial charge in [0.2, 0.25) is 0 Å². The van der Waals surface area contributed by atoms with Gasteiger partial charge in [-0.3, -0.25) is 24.0 Å². The van der Waals surface area contributed by atoms with Gasteiger partial charge in [-0.25, -0.2) is 0 Å². The molecule has 5 atom stereocenters. The van der Waals surface area contributed by atoms with E-state index in [1.807, 2.05) is 0 Å². The summed E-state index contributed by atoms with van der Waals surface area (Å²) in [5.74, 6) is -2.47. The van der Waals surface area contributed by atoms with Crippen molar-refractivity contribution in [1.29, 1.82) is 0 Å². The van der Waals surface area contributed by atoms with Crippen LogP contribution in [0.1, 0.15) is 34.6 Å². The van der Waals surface area contributed by atoms with Crippen LogP contribution in [-0.4, -0.2) is 78.7 Å². The van der Waals surface area contributed by atoms with Crippen molar-refractivity contribution in [3.8, 4) is 0 Å². The third kappa shape index (κ3) is 9.09. The van der Waals surface area contributed by atoms with Crippen molar-refractivity contribution >= 4 is 40.8 Å². The minimum atomic E-state index is -1.28. The normalized spacial score (nSPS) is 25.7. The quantitative estimate of drug-likeness (QED) is 0.272. The molecule has 1 heterocycles. The molecule has 0 bridgehead atoms. The van der Waals surface area contributed by atoms with E-state index in [9.17, 15) is 24.0 Å². The predicted octanol–water partition coefficient (Wildman–Crippen LogP) is 0.366. The summed E-state index contributed by atoms with van der Waals surface area (Å²) in [6.45, 7) is 5.69. The fourth-order valence-corrected chi connectivity index (χ4v) is 3.14. The van der Waals surface area contributed by atoms with E-state index in [2.05, 4.69) is 0 Å². The molecule has 170 valence electrons. The van der Waals surface area contributed by atoms with Crippen LogP contribution >= 0.6 is 11.8 Å². The third-order valence-electron chi connectivity index (χ3n) is 3.62. The highest BCUT2D eigenvalue weighted by atomic mass is 32.2. The maximum atomic E-state index is 11.7. The van der Waals surface area contributed by atoms with Crippen LogP contribution in [0.3, 0.4) is 0 Å². The minimum absolute atomic E-state index is 0.0397. The molecule has 12 heteroatoms. The SMILES string of the molecule is CC(=O)OC[C@H]1O[C@@H](OCCSC(C)=O)[C@H](OC(C)=O)[C@@H](OC(C)=O)[C@@H]1OC(C)=O. The molecule has 1 saturated heterocycles. The van der Waals surface area contributed by atoms with Crippen molar-refractivity contribution in [3.05, 3.63) is 0 Å². The summed E-state index contributed by atoms with van der Waals surface area (Å²) in [7, 11) is 0. The first kappa shape index (κ1) is 25.9. The Kier molecular flexibility index (Phi) is 10.8. The van der Waals surface area contributed by atoms with Crippen LogP contribution in [0.2, 0.25) is 0 Å². The Hall–Kier alpha value is -2.18. The zero-order valence-electron chi connectivity index (χ0n) is 17.4. The van der Waals surface area contributed by atoms with Crippen LogP contribution in [0.4, 0.5) is 0 Å². The Morgan fingerprint density at radius 1 is 0.767 bits per heavy atom. The lowest BCUT2D eigenvalue weighted by molar-refractivity contribution is -0.307. The van der Waals surface area contributed by atoms with Gasteiger partial charge in [0.25, 0.3) is 0 Å². The van der Waals surface area contributed by atoms with Crippen molar-refractivity contribution in [2.24, 2.45) is 0 Å². The fourth-order valence-electron chi connectivity index (χ4n) is 2.67. The maximum absolute atomic E-state index is 11.7. The molecule has 0 saturated carbocycles. The molecule has 30 heavy (non-hydrogen) atoms. The maximum Gasteiger partial charge on any atom is 0.303 e. The molecule has 0 radical (unpaired) electrons. The van der Waals surface area contributed by atoms with E-state index >= 15 is 0 Å². The molecule has 0 N–H and O–H groups in total. The second-order valence-corrected chi connectivity index (χ2v) is 7.55. The fraction of sp³-hybridized carbons (Fsp3) is 0.722. The second-order valence-electron chi connectivity index (χ2n) is 6.28. The summed E-state index contributed by atoms with van der Waals surface area (Å²) in [5.41, 5.74) is 0. The number of rotatable bonds is 9. The Morgan fingerprint density at radius 2 is 1.30 bits per heavy atom. The van der Waals surface area contributed by atoms with E-state index in [0.717, 1.165) is 32.5 Å². The Bertz CT molecular complexity index is 650. The van der Waals surface area contributed by atoms with E-state index in [1.165, 1.54) is 13.8 Å². The lowest BCUT2D eigenvalue weighted by atomic mass is 9.98. The van der Waals surface area contributed by atoms with Gasteiger partial charge < -0.3 is 28.4 Å². The highest BCUT2D eigenvalue weighted by Crippen LogP contribution is 2.30. The van der Waals surface area contributed by atoms with Crippen molar-refractivity contribution < 1.29 is 52.4 Å². The summed E-state index contributed by atoms with van der Waals surface area (Å²) < 4.78 is 32.1. The zero-order chi connectivity index (χ0) is 22.8. The molecule has 0 unspecified atom stereocenters. The lowest BCUT2D eigenvalue weighted by Crippen LogP contribution is -2.63. The van der Waals surface area contributed by atoms with Gasteiger partial charge in [0.05, 0.1) is 6.61 Å². The van der Waals surface area contributed by atoms with Crippen molar-refractivity contribution in [3.63, 3.8) is 0 Å². The number of esters is 4. The molecule has 0 aliphatic carbocycles. The van der Waals surface area contributed by atoms with Gasteiger partial charge in [0, 0.05) is 40.4 Å². The summed E-state index contributed by atoms with van der Waals surface area (Å²) >= 11 is 1.02. The Morgan fingerprint density at radius 3 is 1.80 bits per heavy atom. The first-order chi connectivity index (χ1) is 14.0. The standard InChI is InChI=1S/C18H26O11S/c1-9(19)25-8-14-15(26-10(2)20)16(27-11(3)21)17(28-12(4)22)18(29-14)24-6-7-30-13(5)23/h14-18H,6-8H2,1-5H3/t14-,15-,16+,17-,18-/m1/s1. The molecule has 11 nitrogen and oxygen atoms in total. The molecule has 1 fully saturated rings. The topological polar surface area (TPSA) is 141 Å². The molecular formula is C18H26O11S. The van der Waals surface area contributed by atoms with Crippen molar-refractivity contribution in [1.82, 2.24) is 0 Å². The Labute approximate surface area is 178 Å². The van der Waals surface area contributed by atoms with E-state index in [4.69, 9.17) is 28.4 Å². The number of hydrogen-bond donors (Lipinski definition) is 0. The predicted molar refractivity (Wildman–Crippen MR) is 101 cm³/mol. The number of thioether (sulfide) groups is 1. The molecule has 0 aromatic rings. The Balaban J connectivity index is 3.17. The average Bonchev–Trinajstić information content (AvgIpc) is 2.60. The van der Waals surface area contributed by atoms with Crippen LogP contribution in [0, 0.1) is 0 Å². The molecule has 1 rings (SSSR count). The molecular weight excluding hydrogens is 424 g/mol. The summed E-state index contributed by atoms with van der Waals surface area (Å²) in [4.78, 5) is 57.2. The van der Waals surface area contributed by atoms with Crippen LogP contribution in [-0.2, 0) is 52.4 Å². The molecule has 1 aliphatic heterocycles. The summed E-state index contributed by atoms with van der Waals surface area (Å²) in [6.07, 6.45) is -6.10. The van der Waals surface area contributed by atoms with Crippen molar-refractivity contribution in [2.45, 2.75) is 65.3 Å². The van der Waals surface area contributed by atoms with Crippen molar-refractivity contribution in [2.75, 3.05) is 19.0 Å².